The first-order chi connectivity index (χ1) is 4.81. The number of hydrogen-bond acceptors (Lipinski definition) is 3. The van der Waals surface area contributed by atoms with E-state index in [1.165, 1.54) is 6.08 Å². The van der Waals surface area contributed by atoms with Gasteiger partial charge in [-0.05, 0) is 32.6 Å². The molecular weight excluding hydrogens is 160 g/mol. The molecule has 0 N–H and O–H groups in total. The minimum Gasteiger partial charge on any atom is -0.457 e. The number of ether oxygens (including phenoxy) is 1. The highest BCUT2D eigenvalue weighted by Gasteiger charge is 2.13. The summed E-state index contributed by atoms with van der Waals surface area (Å²) >= 11 is 3.95. The van der Waals surface area contributed by atoms with Gasteiger partial charge in [-0.1, -0.05) is 0 Å². The van der Waals surface area contributed by atoms with E-state index in [0.29, 0.717) is 4.91 Å². The van der Waals surface area contributed by atoms with Gasteiger partial charge in [0.15, 0.2) is 0 Å². The van der Waals surface area contributed by atoms with Crippen molar-refractivity contribution in [3.8, 4) is 0 Å². The van der Waals surface area contributed by atoms with E-state index in [1.807, 2.05) is 20.8 Å². The highest BCUT2D eigenvalue weighted by atomic mass is 32.1. The Morgan fingerprint density at radius 1 is 1.45 bits per heavy atom. The molecule has 0 rings (SSSR count). The van der Waals surface area contributed by atoms with E-state index in [0.717, 1.165) is 0 Å². The van der Waals surface area contributed by atoms with Gasteiger partial charge in [0.25, 0.3) is 0 Å². The van der Waals surface area contributed by atoms with E-state index in [4.69, 9.17) is 4.74 Å². The summed E-state index contributed by atoms with van der Waals surface area (Å²) in [5, 5.41) is 0. The SMILES string of the molecule is CC(S)=CC(=O)OC(C)(C)C. The second-order valence-corrected chi connectivity index (χ2v) is 4.02. The molecule has 64 valence electrons. The van der Waals surface area contributed by atoms with Gasteiger partial charge in [0.1, 0.15) is 5.60 Å². The Morgan fingerprint density at radius 3 is 2.18 bits per heavy atom. The highest BCUT2D eigenvalue weighted by molar-refractivity contribution is 7.84. The van der Waals surface area contributed by atoms with E-state index in [1.54, 1.807) is 6.92 Å². The summed E-state index contributed by atoms with van der Waals surface area (Å²) < 4.78 is 4.98. The van der Waals surface area contributed by atoms with Crippen molar-refractivity contribution in [3.63, 3.8) is 0 Å². The molecule has 0 aromatic rings. The number of thiol groups is 1. The molecule has 0 saturated heterocycles. The minimum atomic E-state index is -0.420. The van der Waals surface area contributed by atoms with Crippen molar-refractivity contribution in [2.24, 2.45) is 0 Å². The summed E-state index contributed by atoms with van der Waals surface area (Å²) in [7, 11) is 0. The van der Waals surface area contributed by atoms with Crippen LogP contribution in [0, 0.1) is 0 Å². The highest BCUT2D eigenvalue weighted by Crippen LogP contribution is 2.08. The zero-order valence-electron chi connectivity index (χ0n) is 7.34. The van der Waals surface area contributed by atoms with E-state index in [-0.39, 0.29) is 5.97 Å². The number of allylic oxidation sites excluding steroid dienone is 1. The van der Waals surface area contributed by atoms with Gasteiger partial charge in [0.05, 0.1) is 0 Å². The Hall–Kier alpha value is -0.440. The summed E-state index contributed by atoms with van der Waals surface area (Å²) in [4.78, 5) is 11.6. The molecule has 0 heterocycles. The maximum Gasteiger partial charge on any atom is 0.332 e. The Kier molecular flexibility index (Phi) is 3.66. The Morgan fingerprint density at radius 2 is 1.91 bits per heavy atom. The van der Waals surface area contributed by atoms with E-state index < -0.39 is 5.60 Å². The summed E-state index contributed by atoms with van der Waals surface area (Å²) in [6.45, 7) is 7.21. The fraction of sp³-hybridized carbons (Fsp3) is 0.625. The standard InChI is InChI=1S/C8H14O2S/c1-6(11)5-7(9)10-8(2,3)4/h5,11H,1-4H3. The van der Waals surface area contributed by atoms with Gasteiger partial charge in [-0.2, -0.15) is 0 Å². The first kappa shape index (κ1) is 10.6. The van der Waals surface area contributed by atoms with Crippen molar-refractivity contribution in [1.29, 1.82) is 0 Å². The molecular formula is C8H14O2S. The van der Waals surface area contributed by atoms with Gasteiger partial charge in [0.2, 0.25) is 0 Å². The number of esters is 1. The normalized spacial score (nSPS) is 13.0. The number of carbonyl (C=O) groups excluding carboxylic acids is 1. The quantitative estimate of drug-likeness (QED) is 0.374. The maximum absolute atomic E-state index is 10.9. The molecule has 0 amide bonds. The lowest BCUT2D eigenvalue weighted by atomic mass is 10.2. The van der Waals surface area contributed by atoms with Crippen LogP contribution in [0.2, 0.25) is 0 Å². The van der Waals surface area contributed by atoms with Crippen LogP contribution in [-0.4, -0.2) is 11.6 Å². The average molecular weight is 174 g/mol. The fourth-order valence-corrected chi connectivity index (χ4v) is 0.607. The molecule has 0 radical (unpaired) electrons. The molecule has 0 bridgehead atoms. The second-order valence-electron chi connectivity index (χ2n) is 3.32. The van der Waals surface area contributed by atoms with Gasteiger partial charge in [-0.3, -0.25) is 0 Å². The zero-order chi connectivity index (χ0) is 9.07. The van der Waals surface area contributed by atoms with Crippen LogP contribution in [0.5, 0.6) is 0 Å². The summed E-state index contributed by atoms with van der Waals surface area (Å²) in [6, 6.07) is 0. The third-order valence-corrected chi connectivity index (χ3v) is 0.863. The van der Waals surface area contributed by atoms with E-state index >= 15 is 0 Å². The van der Waals surface area contributed by atoms with Crippen LogP contribution < -0.4 is 0 Å². The molecule has 0 aliphatic heterocycles. The van der Waals surface area contributed by atoms with Crippen LogP contribution in [0.4, 0.5) is 0 Å². The predicted octanol–water partition coefficient (Wildman–Crippen LogP) is 2.16. The molecule has 2 nitrogen and oxygen atoms in total. The lowest BCUT2D eigenvalue weighted by molar-refractivity contribution is -0.148. The largest absolute Gasteiger partial charge is 0.457 e. The topological polar surface area (TPSA) is 26.3 Å². The van der Waals surface area contributed by atoms with Crippen molar-refractivity contribution in [1.82, 2.24) is 0 Å². The number of carbonyl (C=O) groups is 1. The first-order valence-corrected chi connectivity index (χ1v) is 3.86. The molecule has 0 atom stereocenters. The zero-order valence-corrected chi connectivity index (χ0v) is 8.24. The van der Waals surface area contributed by atoms with Crippen LogP contribution in [0.1, 0.15) is 27.7 Å². The third kappa shape index (κ3) is 7.46. The van der Waals surface area contributed by atoms with Crippen molar-refractivity contribution in [3.05, 3.63) is 11.0 Å². The molecule has 0 unspecified atom stereocenters. The number of hydrogen-bond donors (Lipinski definition) is 1. The molecule has 0 saturated carbocycles. The van der Waals surface area contributed by atoms with Crippen molar-refractivity contribution < 1.29 is 9.53 Å². The molecule has 0 aliphatic carbocycles. The van der Waals surface area contributed by atoms with Gasteiger partial charge in [-0.25, -0.2) is 4.79 Å². The van der Waals surface area contributed by atoms with Crippen LogP contribution in [-0.2, 0) is 9.53 Å². The van der Waals surface area contributed by atoms with Crippen molar-refractivity contribution >= 4 is 18.6 Å². The summed E-state index contributed by atoms with van der Waals surface area (Å²) in [5.41, 5.74) is -0.420. The van der Waals surface area contributed by atoms with Gasteiger partial charge in [-0.15, -0.1) is 12.6 Å². The van der Waals surface area contributed by atoms with E-state index in [9.17, 15) is 4.79 Å². The molecule has 0 aromatic heterocycles. The molecule has 0 aliphatic rings. The first-order valence-electron chi connectivity index (χ1n) is 3.41. The fourth-order valence-electron chi connectivity index (χ4n) is 0.502. The smallest absolute Gasteiger partial charge is 0.332 e. The van der Waals surface area contributed by atoms with Crippen LogP contribution in [0.25, 0.3) is 0 Å². The van der Waals surface area contributed by atoms with Crippen molar-refractivity contribution in [2.75, 3.05) is 0 Å². The van der Waals surface area contributed by atoms with E-state index in [2.05, 4.69) is 12.6 Å². The number of rotatable bonds is 1. The van der Waals surface area contributed by atoms with Gasteiger partial charge < -0.3 is 4.74 Å². The Bertz CT molecular complexity index is 173. The molecule has 0 aromatic carbocycles. The predicted molar refractivity (Wildman–Crippen MR) is 48.6 cm³/mol. The Labute approximate surface area is 73.0 Å². The lowest BCUT2D eigenvalue weighted by Crippen LogP contribution is -2.22. The van der Waals surface area contributed by atoms with Crippen LogP contribution >= 0.6 is 12.6 Å². The average Bonchev–Trinajstić information content (AvgIpc) is 1.53. The van der Waals surface area contributed by atoms with Crippen LogP contribution in [0.3, 0.4) is 0 Å². The van der Waals surface area contributed by atoms with Crippen molar-refractivity contribution in [2.45, 2.75) is 33.3 Å². The summed E-state index contributed by atoms with van der Waals surface area (Å²) in [5.74, 6) is -0.343. The minimum absolute atomic E-state index is 0.343. The Balaban J connectivity index is 4.00. The van der Waals surface area contributed by atoms with Gasteiger partial charge >= 0.3 is 5.97 Å². The molecule has 3 heteroatoms. The maximum atomic E-state index is 10.9. The monoisotopic (exact) mass is 174 g/mol. The molecule has 11 heavy (non-hydrogen) atoms. The molecule has 0 fully saturated rings. The van der Waals surface area contributed by atoms with Crippen LogP contribution in [0.15, 0.2) is 11.0 Å². The summed E-state index contributed by atoms with van der Waals surface area (Å²) in [6.07, 6.45) is 1.36. The third-order valence-electron chi connectivity index (χ3n) is 0.734. The molecule has 0 spiro atoms. The van der Waals surface area contributed by atoms with Gasteiger partial charge in [0, 0.05) is 6.08 Å². The lowest BCUT2D eigenvalue weighted by Gasteiger charge is -2.17. The second kappa shape index (κ2) is 3.81.